The molecule has 18 heavy (non-hydrogen) atoms. The number of aliphatic carboxylic acids is 1. The average molecular weight is 247 g/mol. The largest absolute Gasteiger partial charge is 0.481 e. The van der Waals surface area contributed by atoms with Crippen LogP contribution in [-0.2, 0) is 9.59 Å². The zero-order chi connectivity index (χ0) is 13.5. The second kappa shape index (κ2) is 6.71. The number of terminal acetylenes is 1. The molecule has 0 heterocycles. The molecule has 0 aromatic carbocycles. The zero-order valence-electron chi connectivity index (χ0n) is 10.5. The molecule has 0 aromatic heterocycles. The van der Waals surface area contributed by atoms with Crippen LogP contribution >= 0.6 is 0 Å². The fraction of sp³-hybridized carbons (Fsp3) is 0.571. The highest BCUT2D eigenvalue weighted by Crippen LogP contribution is 2.32. The highest BCUT2D eigenvalue weighted by Gasteiger charge is 2.35. The van der Waals surface area contributed by atoms with Crippen molar-refractivity contribution in [1.82, 2.24) is 4.90 Å². The van der Waals surface area contributed by atoms with Crippen LogP contribution in [0.15, 0.2) is 0 Å². The molecule has 1 saturated carbocycles. The van der Waals surface area contributed by atoms with Gasteiger partial charge in [-0.05, 0) is 26.2 Å². The van der Waals surface area contributed by atoms with Crippen LogP contribution in [0.4, 0.5) is 0 Å². The fourth-order valence-electron chi connectivity index (χ4n) is 2.18. The van der Waals surface area contributed by atoms with Crippen molar-refractivity contribution in [3.8, 4) is 24.2 Å². The molecule has 1 fully saturated rings. The molecule has 0 bridgehead atoms. The Kier molecular flexibility index (Phi) is 5.27. The summed E-state index contributed by atoms with van der Waals surface area (Å²) < 4.78 is 0. The molecule has 1 amide bonds. The Morgan fingerprint density at radius 1 is 1.33 bits per heavy atom. The lowest BCUT2D eigenvalue weighted by atomic mass is 10.0. The van der Waals surface area contributed by atoms with Gasteiger partial charge in [-0.15, -0.1) is 12.3 Å². The summed E-state index contributed by atoms with van der Waals surface area (Å²) >= 11 is 0. The van der Waals surface area contributed by atoms with Gasteiger partial charge in [-0.3, -0.25) is 9.59 Å². The molecule has 4 heteroatoms. The van der Waals surface area contributed by atoms with Gasteiger partial charge >= 0.3 is 5.97 Å². The maximum atomic E-state index is 12.2. The van der Waals surface area contributed by atoms with Crippen LogP contribution in [0.3, 0.4) is 0 Å². The highest BCUT2D eigenvalue weighted by atomic mass is 16.4. The van der Waals surface area contributed by atoms with E-state index in [-0.39, 0.29) is 18.4 Å². The molecule has 1 N–H and O–H groups in total. The maximum Gasteiger partial charge on any atom is 0.306 e. The first-order valence-corrected chi connectivity index (χ1v) is 5.94. The molecule has 1 aliphatic rings. The SMILES string of the molecule is C#CCN(CC#CC)C(=O)[C@@H]1CC[C@H](C(=O)O)C1. The Labute approximate surface area is 107 Å². The van der Waals surface area contributed by atoms with Crippen LogP contribution in [0.25, 0.3) is 0 Å². The highest BCUT2D eigenvalue weighted by molar-refractivity contribution is 5.81. The van der Waals surface area contributed by atoms with Crippen LogP contribution in [0.5, 0.6) is 0 Å². The molecule has 0 spiro atoms. The van der Waals surface area contributed by atoms with Gasteiger partial charge in [0.25, 0.3) is 0 Å². The summed E-state index contributed by atoms with van der Waals surface area (Å²) in [5.41, 5.74) is 0. The second-order valence-corrected chi connectivity index (χ2v) is 4.37. The standard InChI is InChI=1S/C14H17NO3/c1-3-5-9-15(8-4-2)13(16)11-6-7-12(10-11)14(17)18/h2,11-12H,6-10H2,1H3,(H,17,18)/t11-,12+/m1/s1. The third-order valence-corrected chi connectivity index (χ3v) is 3.17. The summed E-state index contributed by atoms with van der Waals surface area (Å²) in [5.74, 6) is 6.46. The van der Waals surface area contributed by atoms with Crippen LogP contribution in [0.2, 0.25) is 0 Å². The molecule has 0 radical (unpaired) electrons. The summed E-state index contributed by atoms with van der Waals surface area (Å²) in [6, 6.07) is 0. The normalized spacial score (nSPS) is 21.6. The van der Waals surface area contributed by atoms with Crippen LogP contribution in [0, 0.1) is 36.0 Å². The summed E-state index contributed by atoms with van der Waals surface area (Å²) in [6.45, 7) is 2.24. The summed E-state index contributed by atoms with van der Waals surface area (Å²) in [7, 11) is 0. The van der Waals surface area contributed by atoms with Crippen molar-refractivity contribution in [2.24, 2.45) is 11.8 Å². The monoisotopic (exact) mass is 247 g/mol. The Morgan fingerprint density at radius 3 is 2.50 bits per heavy atom. The third kappa shape index (κ3) is 3.53. The molecule has 0 unspecified atom stereocenters. The summed E-state index contributed by atoms with van der Waals surface area (Å²) in [5, 5.41) is 8.92. The minimum Gasteiger partial charge on any atom is -0.481 e. The minimum absolute atomic E-state index is 0.0700. The molecule has 0 aromatic rings. The molecule has 1 rings (SSSR count). The van der Waals surface area contributed by atoms with Crippen molar-refractivity contribution in [3.05, 3.63) is 0 Å². The van der Waals surface area contributed by atoms with E-state index in [0.717, 1.165) is 0 Å². The van der Waals surface area contributed by atoms with Crippen molar-refractivity contribution in [2.45, 2.75) is 26.2 Å². The van der Waals surface area contributed by atoms with E-state index in [1.807, 2.05) is 0 Å². The van der Waals surface area contributed by atoms with Crippen LogP contribution < -0.4 is 0 Å². The second-order valence-electron chi connectivity index (χ2n) is 4.37. The van der Waals surface area contributed by atoms with E-state index in [1.165, 1.54) is 4.90 Å². The average Bonchev–Trinajstić information content (AvgIpc) is 2.83. The van der Waals surface area contributed by atoms with Crippen molar-refractivity contribution in [3.63, 3.8) is 0 Å². The summed E-state index contributed by atoms with van der Waals surface area (Å²) in [6.07, 6.45) is 6.82. The van der Waals surface area contributed by atoms with Crippen molar-refractivity contribution in [2.75, 3.05) is 13.1 Å². The van der Waals surface area contributed by atoms with Gasteiger partial charge in [0.2, 0.25) is 5.91 Å². The number of carbonyl (C=O) groups excluding carboxylic acids is 1. The Balaban J connectivity index is 2.63. The molecule has 2 atom stereocenters. The van der Waals surface area contributed by atoms with E-state index in [9.17, 15) is 9.59 Å². The van der Waals surface area contributed by atoms with E-state index in [2.05, 4.69) is 17.8 Å². The van der Waals surface area contributed by atoms with Gasteiger partial charge in [0.05, 0.1) is 19.0 Å². The lowest BCUT2D eigenvalue weighted by Gasteiger charge is -2.21. The number of carboxylic acids is 1. The summed E-state index contributed by atoms with van der Waals surface area (Å²) in [4.78, 5) is 24.6. The van der Waals surface area contributed by atoms with Gasteiger partial charge in [0.1, 0.15) is 0 Å². The Hall–Kier alpha value is -1.94. The first-order valence-electron chi connectivity index (χ1n) is 5.94. The van der Waals surface area contributed by atoms with E-state index < -0.39 is 11.9 Å². The molecule has 1 aliphatic carbocycles. The zero-order valence-corrected chi connectivity index (χ0v) is 10.5. The quantitative estimate of drug-likeness (QED) is 0.753. The van der Waals surface area contributed by atoms with Gasteiger partial charge in [0.15, 0.2) is 0 Å². The van der Waals surface area contributed by atoms with E-state index >= 15 is 0 Å². The predicted molar refractivity (Wildman–Crippen MR) is 67.3 cm³/mol. The number of amides is 1. The molecule has 4 nitrogen and oxygen atoms in total. The number of rotatable bonds is 4. The number of carbonyl (C=O) groups is 2. The Morgan fingerprint density at radius 2 is 2.00 bits per heavy atom. The van der Waals surface area contributed by atoms with Crippen LogP contribution in [-0.4, -0.2) is 35.0 Å². The van der Waals surface area contributed by atoms with Gasteiger partial charge in [-0.1, -0.05) is 11.8 Å². The van der Waals surface area contributed by atoms with Gasteiger partial charge in [-0.25, -0.2) is 0 Å². The van der Waals surface area contributed by atoms with E-state index in [1.54, 1.807) is 6.92 Å². The third-order valence-electron chi connectivity index (χ3n) is 3.17. The van der Waals surface area contributed by atoms with Gasteiger partial charge in [-0.2, -0.15) is 0 Å². The number of nitrogens with zero attached hydrogens (tertiary/aromatic N) is 1. The van der Waals surface area contributed by atoms with Crippen molar-refractivity contribution >= 4 is 11.9 Å². The first-order chi connectivity index (χ1) is 8.60. The first kappa shape index (κ1) is 14.1. The van der Waals surface area contributed by atoms with Crippen LogP contribution in [0.1, 0.15) is 26.2 Å². The number of carboxylic acid groups (broad SMARTS) is 1. The van der Waals surface area contributed by atoms with Crippen molar-refractivity contribution in [1.29, 1.82) is 0 Å². The fourth-order valence-corrected chi connectivity index (χ4v) is 2.18. The molecular formula is C14H17NO3. The van der Waals surface area contributed by atoms with Gasteiger partial charge in [0, 0.05) is 5.92 Å². The maximum absolute atomic E-state index is 12.2. The lowest BCUT2D eigenvalue weighted by molar-refractivity contribution is -0.141. The molecule has 0 aliphatic heterocycles. The number of hydrogen-bond donors (Lipinski definition) is 1. The minimum atomic E-state index is -0.817. The number of hydrogen-bond acceptors (Lipinski definition) is 2. The lowest BCUT2D eigenvalue weighted by Crippen LogP contribution is -2.36. The van der Waals surface area contributed by atoms with E-state index in [4.69, 9.17) is 11.5 Å². The predicted octanol–water partition coefficient (Wildman–Crippen LogP) is 0.972. The van der Waals surface area contributed by atoms with Crippen molar-refractivity contribution < 1.29 is 14.7 Å². The molecule has 0 saturated heterocycles. The topological polar surface area (TPSA) is 57.6 Å². The molecular weight excluding hydrogens is 230 g/mol. The van der Waals surface area contributed by atoms with E-state index in [0.29, 0.717) is 25.8 Å². The molecule has 96 valence electrons. The smallest absolute Gasteiger partial charge is 0.306 e. The Bertz CT molecular complexity index is 425. The van der Waals surface area contributed by atoms with Gasteiger partial charge < -0.3 is 10.0 Å².